The van der Waals surface area contributed by atoms with Crippen molar-refractivity contribution in [3.8, 4) is 16.5 Å². The Hall–Kier alpha value is -1.56. The lowest BCUT2D eigenvalue weighted by molar-refractivity contribution is 0.0815. The molecule has 6 heteroatoms. The van der Waals surface area contributed by atoms with E-state index in [2.05, 4.69) is 16.9 Å². The first-order valence-electron chi connectivity index (χ1n) is 6.94. The van der Waals surface area contributed by atoms with E-state index in [1.165, 1.54) is 24.3 Å². The Morgan fingerprint density at radius 2 is 2.19 bits per heavy atom. The molecule has 1 unspecified atom stereocenters. The number of rotatable bonds is 6. The maximum atomic E-state index is 13.4. The van der Waals surface area contributed by atoms with E-state index in [1.54, 1.807) is 0 Å². The molecule has 0 fully saturated rings. The molecule has 2 aromatic rings. The van der Waals surface area contributed by atoms with Gasteiger partial charge in [0.15, 0.2) is 0 Å². The number of nitrogens with zero attached hydrogens (tertiary/aromatic N) is 2. The van der Waals surface area contributed by atoms with E-state index >= 15 is 0 Å². The van der Waals surface area contributed by atoms with Gasteiger partial charge < -0.3 is 4.74 Å². The minimum Gasteiger partial charge on any atom is -0.443 e. The van der Waals surface area contributed by atoms with Gasteiger partial charge in [-0.25, -0.2) is 18.7 Å². The fraction of sp³-hybridized carbons (Fsp3) is 0.467. The second-order valence-corrected chi connectivity index (χ2v) is 5.88. The zero-order valence-corrected chi connectivity index (χ0v) is 13.1. The minimum absolute atomic E-state index is 0.0715. The highest BCUT2D eigenvalue weighted by molar-refractivity contribution is 7.15. The van der Waals surface area contributed by atoms with Crippen molar-refractivity contribution in [2.45, 2.75) is 46.4 Å². The zero-order valence-electron chi connectivity index (χ0n) is 12.3. The van der Waals surface area contributed by atoms with Crippen LogP contribution in [0.4, 0.5) is 8.78 Å². The summed E-state index contributed by atoms with van der Waals surface area (Å²) in [5.74, 6) is -0.422. The molecule has 3 nitrogen and oxygen atoms in total. The first-order chi connectivity index (χ1) is 10.0. The van der Waals surface area contributed by atoms with Crippen LogP contribution in [0.3, 0.4) is 0 Å². The molecule has 2 rings (SSSR count). The normalized spacial score (nSPS) is 12.4. The summed E-state index contributed by atoms with van der Waals surface area (Å²) in [6.07, 6.45) is 2.62. The zero-order chi connectivity index (χ0) is 15.4. The van der Waals surface area contributed by atoms with Crippen LogP contribution in [0.25, 0.3) is 10.6 Å². The standard InChI is InChI=1S/C15H18F2N2OS/c1-4-5-6-13-9(2)19-15(21-13)12-7-11(17)8-18-14(12)20-10(3)16/h7-8,10H,4-6H2,1-3H3. The molecule has 2 aromatic heterocycles. The lowest BCUT2D eigenvalue weighted by Crippen LogP contribution is -2.06. The molecule has 0 saturated heterocycles. The summed E-state index contributed by atoms with van der Waals surface area (Å²) in [6, 6.07) is 1.28. The molecular formula is C15H18F2N2OS. The smallest absolute Gasteiger partial charge is 0.237 e. The second kappa shape index (κ2) is 6.93. The van der Waals surface area contributed by atoms with Crippen molar-refractivity contribution in [2.24, 2.45) is 0 Å². The first kappa shape index (κ1) is 15.8. The van der Waals surface area contributed by atoms with Crippen LogP contribution < -0.4 is 4.74 Å². The van der Waals surface area contributed by atoms with Gasteiger partial charge in [-0.3, -0.25) is 0 Å². The summed E-state index contributed by atoms with van der Waals surface area (Å²) < 4.78 is 31.5. The maximum Gasteiger partial charge on any atom is 0.237 e. The van der Waals surface area contributed by atoms with E-state index in [-0.39, 0.29) is 5.88 Å². The largest absolute Gasteiger partial charge is 0.443 e. The number of hydrogen-bond acceptors (Lipinski definition) is 4. The van der Waals surface area contributed by atoms with Crippen molar-refractivity contribution in [1.29, 1.82) is 0 Å². The van der Waals surface area contributed by atoms with Crippen LogP contribution in [0.15, 0.2) is 12.3 Å². The highest BCUT2D eigenvalue weighted by Crippen LogP contribution is 2.34. The van der Waals surface area contributed by atoms with Crippen LogP contribution in [-0.2, 0) is 6.42 Å². The predicted octanol–water partition coefficient (Wildman–Crippen LogP) is 4.69. The van der Waals surface area contributed by atoms with Crippen molar-refractivity contribution in [3.63, 3.8) is 0 Å². The van der Waals surface area contributed by atoms with Gasteiger partial charge in [0.05, 0.1) is 17.5 Å². The van der Waals surface area contributed by atoms with Crippen LogP contribution in [-0.4, -0.2) is 16.3 Å². The van der Waals surface area contributed by atoms with Crippen molar-refractivity contribution in [3.05, 3.63) is 28.7 Å². The molecule has 1 atom stereocenters. The Balaban J connectivity index is 2.38. The topological polar surface area (TPSA) is 35.0 Å². The second-order valence-electron chi connectivity index (χ2n) is 4.80. The number of hydrogen-bond donors (Lipinski definition) is 0. The van der Waals surface area contributed by atoms with Crippen LogP contribution in [0.2, 0.25) is 0 Å². The number of aryl methyl sites for hydroxylation is 2. The highest BCUT2D eigenvalue weighted by Gasteiger charge is 2.17. The lowest BCUT2D eigenvalue weighted by atomic mass is 10.2. The summed E-state index contributed by atoms with van der Waals surface area (Å²) in [4.78, 5) is 9.44. The Morgan fingerprint density at radius 1 is 1.43 bits per heavy atom. The first-order valence-corrected chi connectivity index (χ1v) is 7.75. The Morgan fingerprint density at radius 3 is 2.86 bits per heavy atom. The number of aromatic nitrogens is 2. The summed E-state index contributed by atoms with van der Waals surface area (Å²) in [5, 5.41) is 0.612. The molecular weight excluding hydrogens is 294 g/mol. The van der Waals surface area contributed by atoms with Crippen LogP contribution in [0.5, 0.6) is 5.88 Å². The third-order valence-electron chi connectivity index (χ3n) is 2.97. The predicted molar refractivity (Wildman–Crippen MR) is 79.9 cm³/mol. The van der Waals surface area contributed by atoms with Crippen molar-refractivity contribution in [2.75, 3.05) is 0 Å². The van der Waals surface area contributed by atoms with E-state index in [4.69, 9.17) is 4.74 Å². The molecule has 0 aliphatic heterocycles. The molecule has 0 aliphatic carbocycles. The molecule has 0 radical (unpaired) electrons. The molecule has 0 bridgehead atoms. The molecule has 0 N–H and O–H groups in total. The number of ether oxygens (including phenoxy) is 1. The summed E-state index contributed by atoms with van der Waals surface area (Å²) in [6.45, 7) is 5.31. The lowest BCUT2D eigenvalue weighted by Gasteiger charge is -2.09. The third-order valence-corrected chi connectivity index (χ3v) is 4.22. The van der Waals surface area contributed by atoms with Crippen molar-refractivity contribution in [1.82, 2.24) is 9.97 Å². The van der Waals surface area contributed by atoms with E-state index in [0.717, 1.165) is 36.0 Å². The fourth-order valence-electron chi connectivity index (χ4n) is 1.94. The van der Waals surface area contributed by atoms with E-state index in [1.807, 2.05) is 6.92 Å². The molecule has 114 valence electrons. The van der Waals surface area contributed by atoms with Gasteiger partial charge in [0.1, 0.15) is 10.8 Å². The maximum absolute atomic E-state index is 13.4. The molecule has 0 amide bonds. The monoisotopic (exact) mass is 312 g/mol. The molecule has 0 aliphatic rings. The van der Waals surface area contributed by atoms with E-state index in [9.17, 15) is 8.78 Å². The minimum atomic E-state index is -1.51. The van der Waals surface area contributed by atoms with Crippen LogP contribution in [0.1, 0.15) is 37.3 Å². The average molecular weight is 312 g/mol. The number of pyridine rings is 1. The molecule has 21 heavy (non-hydrogen) atoms. The summed E-state index contributed by atoms with van der Waals surface area (Å²) >= 11 is 1.48. The third kappa shape index (κ3) is 3.97. The van der Waals surface area contributed by atoms with Gasteiger partial charge in [-0.1, -0.05) is 13.3 Å². The van der Waals surface area contributed by atoms with Crippen molar-refractivity contribution < 1.29 is 13.5 Å². The Bertz CT molecular complexity index is 614. The number of halogens is 2. The molecule has 0 saturated carbocycles. The van der Waals surface area contributed by atoms with E-state index in [0.29, 0.717) is 10.6 Å². The van der Waals surface area contributed by atoms with Gasteiger partial charge in [0.25, 0.3) is 0 Å². The number of alkyl halides is 1. The summed E-state index contributed by atoms with van der Waals surface area (Å²) in [5.41, 5.74) is 1.32. The van der Waals surface area contributed by atoms with Crippen LogP contribution >= 0.6 is 11.3 Å². The average Bonchev–Trinajstić information content (AvgIpc) is 2.79. The van der Waals surface area contributed by atoms with Gasteiger partial charge >= 0.3 is 0 Å². The summed E-state index contributed by atoms with van der Waals surface area (Å²) in [7, 11) is 0. The van der Waals surface area contributed by atoms with Gasteiger partial charge in [-0.2, -0.15) is 0 Å². The SMILES string of the molecule is CCCCc1sc(-c2cc(F)cnc2OC(C)F)nc1C. The van der Waals surface area contributed by atoms with Crippen molar-refractivity contribution >= 4 is 11.3 Å². The van der Waals surface area contributed by atoms with Crippen LogP contribution in [0, 0.1) is 12.7 Å². The van der Waals surface area contributed by atoms with Gasteiger partial charge in [-0.15, -0.1) is 11.3 Å². The highest BCUT2D eigenvalue weighted by atomic mass is 32.1. The number of unbranched alkanes of at least 4 members (excludes halogenated alkanes) is 1. The van der Waals surface area contributed by atoms with E-state index < -0.39 is 12.2 Å². The van der Waals surface area contributed by atoms with Gasteiger partial charge in [-0.05, 0) is 25.8 Å². The molecule has 0 aromatic carbocycles. The number of thiazole rings is 1. The quantitative estimate of drug-likeness (QED) is 0.776. The Kier molecular flexibility index (Phi) is 5.22. The van der Waals surface area contributed by atoms with Gasteiger partial charge in [0.2, 0.25) is 12.2 Å². The molecule has 2 heterocycles. The Labute approximate surface area is 127 Å². The van der Waals surface area contributed by atoms with Gasteiger partial charge in [0, 0.05) is 11.8 Å². The molecule has 0 spiro atoms. The fourth-order valence-corrected chi connectivity index (χ4v) is 3.05.